The topological polar surface area (TPSA) is 66.6 Å². The molecule has 0 aromatic heterocycles. The van der Waals surface area contributed by atoms with Crippen LogP contribution in [0.25, 0.3) is 0 Å². The molecule has 0 aromatic rings. The first-order chi connectivity index (χ1) is 5.72. The predicted octanol–water partition coefficient (Wildman–Crippen LogP) is -0.135. The number of carboxylic acid groups (broad SMARTS) is 1. The molecule has 1 atom stereocenters. The van der Waals surface area contributed by atoms with Gasteiger partial charge in [0.05, 0.1) is 0 Å². The van der Waals surface area contributed by atoms with E-state index in [0.29, 0.717) is 12.5 Å². The number of nitrogens with zero attached hydrogens (tertiary/aromatic N) is 1. The molecule has 1 heterocycles. The van der Waals surface area contributed by atoms with Crippen molar-refractivity contribution in [2.45, 2.75) is 6.42 Å². The summed E-state index contributed by atoms with van der Waals surface area (Å²) in [5.74, 6) is -0.366. The van der Waals surface area contributed by atoms with E-state index in [-0.39, 0.29) is 0 Å². The maximum Gasteiger partial charge on any atom is 0.329 e. The van der Waals surface area contributed by atoms with Crippen LogP contribution in [0.4, 0.5) is 0 Å². The van der Waals surface area contributed by atoms with E-state index in [9.17, 15) is 4.79 Å². The molecule has 1 aliphatic rings. The number of carboxylic acids is 1. The Hall–Kier alpha value is -1.03. The van der Waals surface area contributed by atoms with Gasteiger partial charge in [-0.25, -0.2) is 4.79 Å². The van der Waals surface area contributed by atoms with E-state index in [4.69, 9.17) is 10.8 Å². The monoisotopic (exact) mass is 170 g/mol. The van der Waals surface area contributed by atoms with Crippen molar-refractivity contribution in [1.82, 2.24) is 4.90 Å². The van der Waals surface area contributed by atoms with Crippen LogP contribution in [0.5, 0.6) is 0 Å². The summed E-state index contributed by atoms with van der Waals surface area (Å²) in [6.07, 6.45) is 3.86. The minimum atomic E-state index is -0.897. The van der Waals surface area contributed by atoms with Gasteiger partial charge in [-0.05, 0) is 18.9 Å². The third-order valence-corrected chi connectivity index (χ3v) is 2.08. The molecule has 0 radical (unpaired) electrons. The third kappa shape index (κ3) is 2.54. The highest BCUT2D eigenvalue weighted by atomic mass is 16.4. The first kappa shape index (κ1) is 9.06. The van der Waals surface area contributed by atoms with Gasteiger partial charge in [0.1, 0.15) is 0 Å². The molecule has 0 aromatic carbocycles. The van der Waals surface area contributed by atoms with E-state index < -0.39 is 5.97 Å². The molecule has 4 heteroatoms. The molecular weight excluding hydrogens is 156 g/mol. The largest absolute Gasteiger partial charge is 0.478 e. The Labute approximate surface area is 71.7 Å². The molecule has 68 valence electrons. The van der Waals surface area contributed by atoms with Crippen LogP contribution in [0.1, 0.15) is 6.42 Å². The second-order valence-corrected chi connectivity index (χ2v) is 3.04. The van der Waals surface area contributed by atoms with Gasteiger partial charge < -0.3 is 15.7 Å². The summed E-state index contributed by atoms with van der Waals surface area (Å²) in [5, 5.41) is 8.36. The Bertz CT molecular complexity index is 191. The van der Waals surface area contributed by atoms with Crippen LogP contribution in [0.15, 0.2) is 12.3 Å². The molecular formula is C8H14N2O2. The van der Waals surface area contributed by atoms with Gasteiger partial charge in [-0.3, -0.25) is 0 Å². The van der Waals surface area contributed by atoms with Gasteiger partial charge in [0.15, 0.2) is 0 Å². The summed E-state index contributed by atoms with van der Waals surface area (Å²) in [6.45, 7) is 2.50. The van der Waals surface area contributed by atoms with Crippen LogP contribution in [0, 0.1) is 5.92 Å². The number of hydrogen-bond donors (Lipinski definition) is 2. The van der Waals surface area contributed by atoms with Gasteiger partial charge in [0, 0.05) is 25.4 Å². The van der Waals surface area contributed by atoms with Gasteiger partial charge in [-0.15, -0.1) is 0 Å². The molecule has 0 bridgehead atoms. The number of aliphatic carboxylic acids is 1. The van der Waals surface area contributed by atoms with Gasteiger partial charge >= 0.3 is 5.97 Å². The maximum absolute atomic E-state index is 10.2. The van der Waals surface area contributed by atoms with Crippen LogP contribution in [-0.4, -0.2) is 35.6 Å². The Morgan fingerprint density at radius 3 is 3.00 bits per heavy atom. The number of nitrogens with two attached hydrogens (primary N) is 1. The average Bonchev–Trinajstić information content (AvgIpc) is 2.48. The smallest absolute Gasteiger partial charge is 0.329 e. The zero-order chi connectivity index (χ0) is 8.97. The minimum absolute atomic E-state index is 0.531. The van der Waals surface area contributed by atoms with E-state index >= 15 is 0 Å². The van der Waals surface area contributed by atoms with Crippen LogP contribution in [-0.2, 0) is 4.79 Å². The fourth-order valence-electron chi connectivity index (χ4n) is 1.36. The molecule has 0 amide bonds. The fourth-order valence-corrected chi connectivity index (χ4v) is 1.36. The molecule has 1 aliphatic heterocycles. The van der Waals surface area contributed by atoms with E-state index in [2.05, 4.69) is 0 Å². The molecule has 4 nitrogen and oxygen atoms in total. The molecule has 1 fully saturated rings. The van der Waals surface area contributed by atoms with Gasteiger partial charge in [0.25, 0.3) is 0 Å². The zero-order valence-corrected chi connectivity index (χ0v) is 6.94. The summed E-state index contributed by atoms with van der Waals surface area (Å²) in [4.78, 5) is 12.2. The van der Waals surface area contributed by atoms with Crippen molar-refractivity contribution in [3.05, 3.63) is 12.3 Å². The summed E-state index contributed by atoms with van der Waals surface area (Å²) >= 11 is 0. The lowest BCUT2D eigenvalue weighted by atomic mass is 10.1. The lowest BCUT2D eigenvalue weighted by Crippen LogP contribution is -2.18. The molecule has 0 spiro atoms. The van der Waals surface area contributed by atoms with Gasteiger partial charge in [-0.2, -0.15) is 0 Å². The van der Waals surface area contributed by atoms with Gasteiger partial charge in [-0.1, -0.05) is 0 Å². The molecule has 1 rings (SSSR count). The number of hydrogen-bond acceptors (Lipinski definition) is 3. The quantitative estimate of drug-likeness (QED) is 0.579. The number of carbonyl (C=O) groups is 1. The Morgan fingerprint density at radius 2 is 2.50 bits per heavy atom. The highest BCUT2D eigenvalue weighted by molar-refractivity contribution is 5.79. The summed E-state index contributed by atoms with van der Waals surface area (Å²) in [7, 11) is 0. The van der Waals surface area contributed by atoms with Crippen LogP contribution < -0.4 is 5.73 Å². The Kier molecular flexibility index (Phi) is 3.10. The highest BCUT2D eigenvalue weighted by Gasteiger charge is 2.18. The van der Waals surface area contributed by atoms with Crippen molar-refractivity contribution < 1.29 is 9.90 Å². The van der Waals surface area contributed by atoms with Crippen molar-refractivity contribution in [2.75, 3.05) is 19.6 Å². The van der Waals surface area contributed by atoms with E-state index in [1.54, 1.807) is 6.20 Å². The lowest BCUT2D eigenvalue weighted by Gasteiger charge is -2.11. The molecule has 12 heavy (non-hydrogen) atoms. The fraction of sp³-hybridized carbons (Fsp3) is 0.625. The first-order valence-electron chi connectivity index (χ1n) is 4.07. The second kappa shape index (κ2) is 4.11. The predicted molar refractivity (Wildman–Crippen MR) is 45.5 cm³/mol. The van der Waals surface area contributed by atoms with Crippen molar-refractivity contribution >= 4 is 5.97 Å². The maximum atomic E-state index is 10.2. The van der Waals surface area contributed by atoms with Crippen molar-refractivity contribution in [2.24, 2.45) is 11.7 Å². The number of likely N-dealkylation sites (tertiary alicyclic amines) is 1. The Morgan fingerprint density at radius 1 is 1.75 bits per heavy atom. The van der Waals surface area contributed by atoms with Crippen LogP contribution >= 0.6 is 0 Å². The molecule has 1 unspecified atom stereocenters. The third-order valence-electron chi connectivity index (χ3n) is 2.08. The highest BCUT2D eigenvalue weighted by Crippen LogP contribution is 2.14. The first-order valence-corrected chi connectivity index (χ1v) is 4.07. The van der Waals surface area contributed by atoms with Crippen molar-refractivity contribution in [3.63, 3.8) is 0 Å². The SMILES string of the molecule is NCC1CCN(C=CC(=O)O)C1. The van der Waals surface area contributed by atoms with Gasteiger partial charge in [0.2, 0.25) is 0 Å². The normalized spacial score (nSPS) is 23.8. The summed E-state index contributed by atoms with van der Waals surface area (Å²) in [6, 6.07) is 0. The number of rotatable bonds is 3. The van der Waals surface area contributed by atoms with Crippen molar-refractivity contribution in [1.29, 1.82) is 0 Å². The van der Waals surface area contributed by atoms with E-state index in [1.165, 1.54) is 6.08 Å². The average molecular weight is 170 g/mol. The van der Waals surface area contributed by atoms with E-state index in [1.807, 2.05) is 4.90 Å². The molecule has 3 N–H and O–H groups in total. The second-order valence-electron chi connectivity index (χ2n) is 3.04. The van der Waals surface area contributed by atoms with Crippen molar-refractivity contribution in [3.8, 4) is 0 Å². The summed E-state index contributed by atoms with van der Waals surface area (Å²) in [5.41, 5.74) is 5.48. The lowest BCUT2D eigenvalue weighted by molar-refractivity contribution is -0.131. The van der Waals surface area contributed by atoms with Crippen LogP contribution in [0.2, 0.25) is 0 Å². The standard InChI is InChI=1S/C8H14N2O2/c9-5-7-1-3-10(6-7)4-2-8(11)12/h2,4,7H,1,3,5-6,9H2,(H,11,12). The summed E-state index contributed by atoms with van der Waals surface area (Å²) < 4.78 is 0. The molecule has 0 aliphatic carbocycles. The molecule has 1 saturated heterocycles. The van der Waals surface area contributed by atoms with E-state index in [0.717, 1.165) is 19.5 Å². The molecule has 0 saturated carbocycles. The zero-order valence-electron chi connectivity index (χ0n) is 6.94. The Balaban J connectivity index is 2.32. The minimum Gasteiger partial charge on any atom is -0.478 e. The van der Waals surface area contributed by atoms with Crippen LogP contribution in [0.3, 0.4) is 0 Å².